The van der Waals surface area contributed by atoms with E-state index in [-0.39, 0.29) is 5.91 Å². The minimum absolute atomic E-state index is 0.238. The molecule has 15 heavy (non-hydrogen) atoms. The first kappa shape index (κ1) is 13.5. The van der Waals surface area contributed by atoms with Gasteiger partial charge >= 0.3 is 5.97 Å². The smallest absolute Gasteiger partial charge is 0.328 e. The van der Waals surface area contributed by atoms with Crippen molar-refractivity contribution < 1.29 is 14.3 Å². The van der Waals surface area contributed by atoms with Gasteiger partial charge in [-0.25, -0.2) is 4.79 Å². The maximum absolute atomic E-state index is 11.4. The predicted octanol–water partition coefficient (Wildman–Crippen LogP) is 0.858. The van der Waals surface area contributed by atoms with Crippen molar-refractivity contribution in [3.63, 3.8) is 0 Å². The molecule has 0 rings (SSSR count). The number of ether oxygens (including phenoxy) is 1. The summed E-state index contributed by atoms with van der Waals surface area (Å²) in [6.45, 7) is 5.15. The fraction of sp³-hybridized carbons (Fsp3) is 0.636. The molecular weight excluding hydrogens is 194 g/mol. The van der Waals surface area contributed by atoms with Crippen LogP contribution in [-0.2, 0) is 14.3 Å². The van der Waals surface area contributed by atoms with Crippen LogP contribution in [0.25, 0.3) is 0 Å². The zero-order chi connectivity index (χ0) is 11.7. The highest BCUT2D eigenvalue weighted by Gasteiger charge is 2.19. The average molecular weight is 211 g/mol. The summed E-state index contributed by atoms with van der Waals surface area (Å²) in [4.78, 5) is 22.2. The van der Waals surface area contributed by atoms with Crippen LogP contribution >= 0.6 is 0 Å². The van der Waals surface area contributed by atoms with Gasteiger partial charge in [-0.2, -0.15) is 0 Å². The number of amides is 1. The van der Waals surface area contributed by atoms with Crippen molar-refractivity contribution in [2.24, 2.45) is 0 Å². The highest BCUT2D eigenvalue weighted by atomic mass is 16.5. The van der Waals surface area contributed by atoms with Gasteiger partial charge in [0.1, 0.15) is 6.04 Å². The summed E-state index contributed by atoms with van der Waals surface area (Å²) in [5.41, 5.74) is 0. The second-order valence-corrected chi connectivity index (χ2v) is 2.97. The molecule has 0 unspecified atom stereocenters. The number of carbonyl (C=O) groups is 2. The molecule has 0 aliphatic heterocycles. The van der Waals surface area contributed by atoms with Crippen LogP contribution in [0.2, 0.25) is 0 Å². The lowest BCUT2D eigenvalue weighted by molar-refractivity contribution is -0.147. The van der Waals surface area contributed by atoms with E-state index in [1.165, 1.54) is 6.92 Å². The second kappa shape index (κ2) is 7.86. The van der Waals surface area contributed by atoms with E-state index in [0.29, 0.717) is 19.4 Å². The number of hydrogen-bond donors (Lipinski definition) is 1. The lowest BCUT2D eigenvalue weighted by atomic mass is 10.1. The number of nitrogens with one attached hydrogen (secondary N) is 1. The molecule has 0 fully saturated rings. The molecule has 0 aromatic rings. The first-order chi connectivity index (χ1) is 7.11. The Morgan fingerprint density at radius 3 is 2.60 bits per heavy atom. The quantitative estimate of drug-likeness (QED) is 0.542. The van der Waals surface area contributed by atoms with Crippen molar-refractivity contribution in [1.29, 1.82) is 0 Å². The van der Waals surface area contributed by atoms with Crippen LogP contribution in [0.15, 0.2) is 0 Å². The molecule has 0 aromatic heterocycles. The molecule has 0 saturated heterocycles. The van der Waals surface area contributed by atoms with Gasteiger partial charge in [0.25, 0.3) is 0 Å². The van der Waals surface area contributed by atoms with Crippen LogP contribution in [0.1, 0.15) is 33.6 Å². The average Bonchev–Trinajstić information content (AvgIpc) is 2.16. The number of esters is 1. The molecule has 4 heteroatoms. The second-order valence-electron chi connectivity index (χ2n) is 2.97. The zero-order valence-electron chi connectivity index (χ0n) is 9.42. The van der Waals surface area contributed by atoms with Gasteiger partial charge < -0.3 is 10.1 Å². The van der Waals surface area contributed by atoms with Crippen LogP contribution in [0.4, 0.5) is 0 Å². The Balaban J connectivity index is 4.20. The summed E-state index contributed by atoms with van der Waals surface area (Å²) in [6, 6.07) is -0.580. The highest BCUT2D eigenvalue weighted by Crippen LogP contribution is 1.99. The molecule has 0 aliphatic carbocycles. The summed E-state index contributed by atoms with van der Waals surface area (Å²) < 4.78 is 4.83. The molecular formula is C11H17NO3. The molecule has 0 spiro atoms. The molecule has 1 N–H and O–H groups in total. The van der Waals surface area contributed by atoms with Crippen LogP contribution in [-0.4, -0.2) is 24.5 Å². The Morgan fingerprint density at radius 2 is 2.13 bits per heavy atom. The van der Waals surface area contributed by atoms with Crippen LogP contribution in [0.3, 0.4) is 0 Å². The van der Waals surface area contributed by atoms with Gasteiger partial charge in [-0.15, -0.1) is 11.8 Å². The minimum atomic E-state index is -0.580. The molecule has 1 atom stereocenters. The third-order valence-electron chi connectivity index (χ3n) is 1.68. The van der Waals surface area contributed by atoms with Gasteiger partial charge in [0.15, 0.2) is 0 Å². The van der Waals surface area contributed by atoms with Crippen molar-refractivity contribution in [2.45, 2.75) is 39.7 Å². The third-order valence-corrected chi connectivity index (χ3v) is 1.68. The van der Waals surface area contributed by atoms with Gasteiger partial charge in [0.2, 0.25) is 5.91 Å². The fourth-order valence-electron chi connectivity index (χ4n) is 1.08. The van der Waals surface area contributed by atoms with E-state index in [4.69, 9.17) is 4.74 Å². The van der Waals surface area contributed by atoms with Gasteiger partial charge in [-0.1, -0.05) is 0 Å². The van der Waals surface area contributed by atoms with Crippen molar-refractivity contribution in [1.82, 2.24) is 5.32 Å². The topological polar surface area (TPSA) is 55.4 Å². The number of carbonyl (C=O) groups excluding carboxylic acids is 2. The van der Waals surface area contributed by atoms with Crippen LogP contribution < -0.4 is 5.32 Å². The van der Waals surface area contributed by atoms with E-state index in [1.807, 2.05) is 0 Å². The minimum Gasteiger partial charge on any atom is -0.464 e. The Hall–Kier alpha value is -1.50. The SMILES string of the molecule is CC#CCC[C@@H](NC(C)=O)C(=O)OCC. The zero-order valence-corrected chi connectivity index (χ0v) is 9.42. The standard InChI is InChI=1S/C11H17NO3/c1-4-6-7-8-10(12-9(3)13)11(14)15-5-2/h10H,5,7-8H2,1-3H3,(H,12,13)/t10-/m1/s1. The lowest BCUT2D eigenvalue weighted by Crippen LogP contribution is -2.40. The van der Waals surface area contributed by atoms with Crippen LogP contribution in [0, 0.1) is 11.8 Å². The Morgan fingerprint density at radius 1 is 1.47 bits per heavy atom. The largest absolute Gasteiger partial charge is 0.464 e. The van der Waals surface area contributed by atoms with Crippen molar-refractivity contribution in [3.8, 4) is 11.8 Å². The maximum Gasteiger partial charge on any atom is 0.328 e. The molecule has 4 nitrogen and oxygen atoms in total. The fourth-order valence-corrected chi connectivity index (χ4v) is 1.08. The van der Waals surface area contributed by atoms with E-state index >= 15 is 0 Å². The molecule has 1 amide bonds. The summed E-state index contributed by atoms with van der Waals surface area (Å²) >= 11 is 0. The first-order valence-electron chi connectivity index (χ1n) is 4.95. The summed E-state index contributed by atoms with van der Waals surface area (Å²) in [6.07, 6.45) is 1.06. The lowest BCUT2D eigenvalue weighted by Gasteiger charge is -2.14. The van der Waals surface area contributed by atoms with Crippen molar-refractivity contribution in [2.75, 3.05) is 6.61 Å². The Labute approximate surface area is 90.4 Å². The van der Waals surface area contributed by atoms with E-state index < -0.39 is 12.0 Å². The number of hydrogen-bond acceptors (Lipinski definition) is 3. The van der Waals surface area contributed by atoms with E-state index in [9.17, 15) is 9.59 Å². The highest BCUT2D eigenvalue weighted by molar-refractivity contribution is 5.83. The molecule has 0 heterocycles. The van der Waals surface area contributed by atoms with Gasteiger partial charge in [-0.3, -0.25) is 4.79 Å². The Kier molecular flexibility index (Phi) is 7.08. The first-order valence-corrected chi connectivity index (χ1v) is 4.95. The Bertz CT molecular complexity index is 275. The summed E-state index contributed by atoms with van der Waals surface area (Å²) in [7, 11) is 0. The monoisotopic (exact) mass is 211 g/mol. The summed E-state index contributed by atoms with van der Waals surface area (Å²) in [5.74, 6) is 4.94. The predicted molar refractivity (Wildman–Crippen MR) is 56.9 cm³/mol. The van der Waals surface area contributed by atoms with Gasteiger partial charge in [-0.05, 0) is 20.3 Å². The molecule has 0 aliphatic rings. The molecule has 0 radical (unpaired) electrons. The molecule has 84 valence electrons. The van der Waals surface area contributed by atoms with Crippen LogP contribution in [0.5, 0.6) is 0 Å². The van der Waals surface area contributed by atoms with Crippen molar-refractivity contribution in [3.05, 3.63) is 0 Å². The molecule has 0 saturated carbocycles. The van der Waals surface area contributed by atoms with E-state index in [1.54, 1.807) is 13.8 Å². The van der Waals surface area contributed by atoms with Gasteiger partial charge in [0.05, 0.1) is 6.61 Å². The van der Waals surface area contributed by atoms with Gasteiger partial charge in [0, 0.05) is 13.3 Å². The van der Waals surface area contributed by atoms with E-state index in [2.05, 4.69) is 17.2 Å². The van der Waals surface area contributed by atoms with E-state index in [0.717, 1.165) is 0 Å². The maximum atomic E-state index is 11.4. The summed E-state index contributed by atoms with van der Waals surface area (Å²) in [5, 5.41) is 2.54. The normalized spacial score (nSPS) is 10.9. The van der Waals surface area contributed by atoms with Crippen molar-refractivity contribution >= 4 is 11.9 Å². The molecule has 0 bridgehead atoms. The number of rotatable bonds is 5. The molecule has 0 aromatic carbocycles. The third kappa shape index (κ3) is 6.55.